The van der Waals surface area contributed by atoms with Crippen LogP contribution in [-0.2, 0) is 25.6 Å². The molecule has 0 saturated heterocycles. The maximum absolute atomic E-state index is 12.8. The Morgan fingerprint density at radius 1 is 1.00 bits per heavy atom. The van der Waals surface area contributed by atoms with Crippen LogP contribution in [-0.4, -0.2) is 34.3 Å². The molecule has 9 heteroatoms. The number of fused-ring (bicyclic) bond motifs is 1. The van der Waals surface area contributed by atoms with Gasteiger partial charge in [-0.15, -0.1) is 0 Å². The lowest BCUT2D eigenvalue weighted by Gasteiger charge is -2.27. The molecule has 0 fully saturated rings. The Balaban J connectivity index is 2.48. The Morgan fingerprint density at radius 3 is 2.03 bits per heavy atom. The molecule has 0 unspecified atom stereocenters. The summed E-state index contributed by atoms with van der Waals surface area (Å²) in [7, 11) is 0. The van der Waals surface area contributed by atoms with Crippen molar-refractivity contribution in [2.45, 2.75) is 66.3 Å². The summed E-state index contributed by atoms with van der Waals surface area (Å²) < 4.78 is 16.5. The first-order valence-corrected chi connectivity index (χ1v) is 9.86. The highest BCUT2D eigenvalue weighted by atomic mass is 32.1. The minimum Gasteiger partial charge on any atom is -0.461 e. The summed E-state index contributed by atoms with van der Waals surface area (Å²) in [6, 6.07) is 5.35. The zero-order chi connectivity index (χ0) is 22.0. The Kier molecular flexibility index (Phi) is 6.52. The quantitative estimate of drug-likeness (QED) is 0.505. The monoisotopic (exact) mass is 422 g/mol. The van der Waals surface area contributed by atoms with Gasteiger partial charge in [-0.2, -0.15) is 4.90 Å². The molecule has 29 heavy (non-hydrogen) atoms. The number of para-hydroxylation sites is 1. The van der Waals surface area contributed by atoms with Gasteiger partial charge in [-0.25, -0.2) is 14.6 Å². The first kappa shape index (κ1) is 22.6. The van der Waals surface area contributed by atoms with E-state index in [4.69, 9.17) is 14.2 Å². The predicted octanol–water partition coefficient (Wildman–Crippen LogP) is 5.04. The molecule has 2 rings (SSSR count). The van der Waals surface area contributed by atoms with Gasteiger partial charge >= 0.3 is 18.2 Å². The van der Waals surface area contributed by atoms with Gasteiger partial charge < -0.3 is 14.2 Å². The van der Waals surface area contributed by atoms with Gasteiger partial charge in [0.2, 0.25) is 5.13 Å². The van der Waals surface area contributed by atoms with Crippen LogP contribution in [0.25, 0.3) is 10.2 Å². The van der Waals surface area contributed by atoms with Crippen LogP contribution in [0.5, 0.6) is 0 Å². The third-order valence-corrected chi connectivity index (χ3v) is 4.27. The number of benzene rings is 1. The van der Waals surface area contributed by atoms with Crippen LogP contribution in [0, 0.1) is 0 Å². The molecule has 0 aliphatic carbocycles. The largest absolute Gasteiger partial charge is 0.461 e. The molecule has 158 valence electrons. The molecule has 0 atom stereocenters. The number of esters is 1. The summed E-state index contributed by atoms with van der Waals surface area (Å²) in [5.41, 5.74) is -0.428. The Bertz CT molecular complexity index is 895. The number of rotatable bonds is 3. The highest BCUT2D eigenvalue weighted by molar-refractivity contribution is 7.22. The van der Waals surface area contributed by atoms with Crippen LogP contribution in [0.2, 0.25) is 0 Å². The number of amides is 2. The van der Waals surface area contributed by atoms with Crippen molar-refractivity contribution < 1.29 is 28.6 Å². The summed E-state index contributed by atoms with van der Waals surface area (Å²) in [5, 5.41) is 0.110. The van der Waals surface area contributed by atoms with Crippen LogP contribution in [0.15, 0.2) is 18.2 Å². The highest BCUT2D eigenvalue weighted by Gasteiger charge is 2.35. The fraction of sp³-hybridized carbons (Fsp3) is 0.500. The first-order valence-electron chi connectivity index (χ1n) is 9.05. The lowest BCUT2D eigenvalue weighted by atomic mass is 10.2. The number of hydrogen-bond donors (Lipinski definition) is 0. The van der Waals surface area contributed by atoms with E-state index < -0.39 is 29.4 Å². The van der Waals surface area contributed by atoms with E-state index in [-0.39, 0.29) is 11.7 Å². The highest BCUT2D eigenvalue weighted by Crippen LogP contribution is 2.33. The van der Waals surface area contributed by atoms with Gasteiger partial charge in [0.15, 0.2) is 0 Å². The van der Waals surface area contributed by atoms with Crippen LogP contribution in [0.1, 0.15) is 54.0 Å². The average Bonchev–Trinajstić information content (AvgIpc) is 2.93. The van der Waals surface area contributed by atoms with Crippen molar-refractivity contribution in [3.8, 4) is 0 Å². The molecule has 0 aliphatic heterocycles. The van der Waals surface area contributed by atoms with Gasteiger partial charge in [-0.05, 0) is 47.6 Å². The molecule has 0 N–H and O–H groups in total. The first-order chi connectivity index (χ1) is 13.3. The Labute approximate surface area is 173 Å². The van der Waals surface area contributed by atoms with E-state index in [1.807, 2.05) is 0 Å². The molecule has 0 aliphatic rings. The average molecular weight is 423 g/mol. The molecular weight excluding hydrogens is 396 g/mol. The lowest BCUT2D eigenvalue weighted by Crippen LogP contribution is -2.43. The fourth-order valence-corrected chi connectivity index (χ4v) is 3.23. The molecule has 0 radical (unpaired) electrons. The third-order valence-electron chi connectivity index (χ3n) is 3.27. The van der Waals surface area contributed by atoms with E-state index in [9.17, 15) is 14.4 Å². The molecule has 1 heterocycles. The number of aromatic nitrogens is 1. The molecule has 0 saturated carbocycles. The number of ether oxygens (including phenoxy) is 3. The van der Waals surface area contributed by atoms with E-state index in [1.165, 1.54) is 6.92 Å². The van der Waals surface area contributed by atoms with Crippen molar-refractivity contribution in [3.05, 3.63) is 23.8 Å². The van der Waals surface area contributed by atoms with Crippen molar-refractivity contribution >= 4 is 44.8 Å². The number of nitrogens with zero attached hydrogens (tertiary/aromatic N) is 2. The van der Waals surface area contributed by atoms with Gasteiger partial charge in [0.25, 0.3) is 0 Å². The molecule has 8 nitrogen and oxygen atoms in total. The van der Waals surface area contributed by atoms with E-state index >= 15 is 0 Å². The molecule has 1 aromatic heterocycles. The minimum absolute atomic E-state index is 0.0364. The number of imide groups is 1. The minimum atomic E-state index is -0.882. The second-order valence-electron chi connectivity index (χ2n) is 8.34. The summed E-state index contributed by atoms with van der Waals surface area (Å²) in [6.07, 6.45) is -1.76. The Morgan fingerprint density at radius 2 is 1.55 bits per heavy atom. The predicted molar refractivity (Wildman–Crippen MR) is 110 cm³/mol. The number of carbonyl (C=O) groups excluding carboxylic acids is 3. The Hall–Kier alpha value is -2.68. The molecule has 0 bridgehead atoms. The zero-order valence-corrected chi connectivity index (χ0v) is 18.5. The van der Waals surface area contributed by atoms with E-state index in [0.717, 1.165) is 20.9 Å². The normalized spacial score (nSPS) is 11.8. The summed E-state index contributed by atoms with van der Waals surface area (Å²) in [4.78, 5) is 41.9. The summed E-state index contributed by atoms with van der Waals surface area (Å²) >= 11 is 1.14. The maximum Gasteiger partial charge on any atom is 0.426 e. The maximum atomic E-state index is 12.8. The van der Waals surface area contributed by atoms with Gasteiger partial charge in [-0.3, -0.25) is 4.79 Å². The molecule has 2 aromatic rings. The van der Waals surface area contributed by atoms with Gasteiger partial charge in [0.05, 0.1) is 10.2 Å². The van der Waals surface area contributed by atoms with Crippen molar-refractivity contribution in [1.82, 2.24) is 4.98 Å². The molecule has 1 aromatic carbocycles. The van der Waals surface area contributed by atoms with Crippen LogP contribution < -0.4 is 4.90 Å². The standard InChI is InChI=1S/C20H26N2O6S/c1-12(23)26-11-13-9-8-10-14-15(13)21-16(29-14)22(17(24)27-19(2,3)4)18(25)28-20(5,6)7/h8-10H,11H2,1-7H3. The van der Waals surface area contributed by atoms with Crippen molar-refractivity contribution in [2.75, 3.05) is 4.90 Å². The van der Waals surface area contributed by atoms with Crippen LogP contribution >= 0.6 is 11.3 Å². The summed E-state index contributed by atoms with van der Waals surface area (Å²) in [5.74, 6) is -0.415. The topological polar surface area (TPSA) is 95.0 Å². The molecular formula is C20H26N2O6S. The van der Waals surface area contributed by atoms with Crippen molar-refractivity contribution in [2.24, 2.45) is 0 Å². The fourth-order valence-electron chi connectivity index (χ4n) is 2.23. The zero-order valence-electron chi connectivity index (χ0n) is 17.7. The van der Waals surface area contributed by atoms with Gasteiger partial charge in [-0.1, -0.05) is 23.5 Å². The van der Waals surface area contributed by atoms with Crippen LogP contribution in [0.3, 0.4) is 0 Å². The SMILES string of the molecule is CC(=O)OCc1cccc2sc(N(C(=O)OC(C)(C)C)C(=O)OC(C)(C)C)nc12. The second kappa shape index (κ2) is 8.36. The van der Waals surface area contributed by atoms with Crippen molar-refractivity contribution in [1.29, 1.82) is 0 Å². The lowest BCUT2D eigenvalue weighted by molar-refractivity contribution is -0.142. The molecule has 0 spiro atoms. The number of thiazole rings is 1. The van der Waals surface area contributed by atoms with Crippen molar-refractivity contribution in [3.63, 3.8) is 0 Å². The number of anilines is 1. The second-order valence-corrected chi connectivity index (χ2v) is 9.35. The van der Waals surface area contributed by atoms with E-state index in [2.05, 4.69) is 4.98 Å². The van der Waals surface area contributed by atoms with Gasteiger partial charge in [0, 0.05) is 12.5 Å². The number of carbonyl (C=O) groups is 3. The van der Waals surface area contributed by atoms with E-state index in [1.54, 1.807) is 59.7 Å². The molecule has 2 amide bonds. The number of hydrogen-bond acceptors (Lipinski definition) is 8. The summed E-state index contributed by atoms with van der Waals surface area (Å²) in [6.45, 7) is 11.6. The van der Waals surface area contributed by atoms with E-state index in [0.29, 0.717) is 11.1 Å². The smallest absolute Gasteiger partial charge is 0.426 e. The third kappa shape index (κ3) is 6.42. The van der Waals surface area contributed by atoms with Gasteiger partial charge in [0.1, 0.15) is 17.8 Å². The van der Waals surface area contributed by atoms with Crippen LogP contribution in [0.4, 0.5) is 14.7 Å².